The van der Waals surface area contributed by atoms with E-state index in [1.807, 2.05) is 13.8 Å². The molecule has 0 saturated carbocycles. The zero-order chi connectivity index (χ0) is 22.0. The summed E-state index contributed by atoms with van der Waals surface area (Å²) in [6, 6.07) is -0.760. The van der Waals surface area contributed by atoms with Crippen LogP contribution >= 0.6 is 0 Å². The lowest BCUT2D eigenvalue weighted by Crippen LogP contribution is -2.41. The van der Waals surface area contributed by atoms with Crippen molar-refractivity contribution in [1.82, 2.24) is 19.5 Å². The van der Waals surface area contributed by atoms with Crippen LogP contribution in [0.1, 0.15) is 40.3 Å². The van der Waals surface area contributed by atoms with Crippen molar-refractivity contribution in [3.05, 3.63) is 12.7 Å². The molecule has 4 N–H and O–H groups in total. The molecule has 1 fully saturated rings. The Morgan fingerprint density at radius 1 is 1.23 bits per heavy atom. The van der Waals surface area contributed by atoms with Crippen LogP contribution in [0.2, 0.25) is 0 Å². The number of hydrogen-bond acceptors (Lipinski definition) is 10. The molecule has 2 aromatic heterocycles. The van der Waals surface area contributed by atoms with Crippen molar-refractivity contribution in [1.29, 1.82) is 0 Å². The first-order valence-corrected chi connectivity index (χ1v) is 9.90. The van der Waals surface area contributed by atoms with Gasteiger partial charge in [-0.25, -0.2) is 15.0 Å². The van der Waals surface area contributed by atoms with Crippen molar-refractivity contribution in [3.8, 4) is 0 Å². The van der Waals surface area contributed by atoms with Gasteiger partial charge in [0.05, 0.1) is 12.2 Å². The average Bonchev–Trinajstić information content (AvgIpc) is 3.29. The Bertz CT molecular complexity index is 914. The Morgan fingerprint density at radius 2 is 1.97 bits per heavy atom. The zero-order valence-electron chi connectivity index (χ0n) is 17.5. The summed E-state index contributed by atoms with van der Waals surface area (Å²) >= 11 is 0. The minimum atomic E-state index is -0.760. The quantitative estimate of drug-likeness (QED) is 0.613. The normalized spacial score (nSPS) is 22.6. The largest absolute Gasteiger partial charge is 0.463 e. The van der Waals surface area contributed by atoms with Gasteiger partial charge in [-0.2, -0.15) is 0 Å². The number of ether oxygens (including phenoxy) is 3. The average molecular weight is 420 g/mol. The lowest BCUT2D eigenvalue weighted by molar-refractivity contribution is -0.161. The van der Waals surface area contributed by atoms with Crippen LogP contribution in [0.4, 0.5) is 5.82 Å². The molecule has 164 valence electrons. The third kappa shape index (κ3) is 4.51. The third-order valence-corrected chi connectivity index (χ3v) is 5.00. The molecule has 1 saturated heterocycles. The van der Waals surface area contributed by atoms with Crippen LogP contribution in [0.5, 0.6) is 0 Å². The molecule has 3 rings (SSSR count). The number of esters is 2. The van der Waals surface area contributed by atoms with E-state index in [4.69, 9.17) is 25.7 Å². The second kappa shape index (κ2) is 8.92. The SMILES string of the molecule is CC(C)C(=O)OC[C@H]1O[C@@H](n2cnc3c(N)ncnc32)C[C@H]1OC(=O)[C@@H](N)C(C)C. The van der Waals surface area contributed by atoms with Gasteiger partial charge in [-0.3, -0.25) is 14.2 Å². The van der Waals surface area contributed by atoms with E-state index >= 15 is 0 Å². The number of anilines is 1. The Morgan fingerprint density at radius 3 is 2.63 bits per heavy atom. The fraction of sp³-hybridized carbons (Fsp3) is 0.632. The summed E-state index contributed by atoms with van der Waals surface area (Å²) in [4.78, 5) is 36.7. The Kier molecular flexibility index (Phi) is 6.52. The Hall–Kier alpha value is -2.79. The molecule has 2 aromatic rings. The zero-order valence-corrected chi connectivity index (χ0v) is 17.5. The number of imidazole rings is 1. The molecule has 1 aliphatic heterocycles. The van der Waals surface area contributed by atoms with E-state index in [1.54, 1.807) is 24.7 Å². The molecular formula is C19H28N6O5. The van der Waals surface area contributed by atoms with Crippen LogP contribution in [-0.4, -0.2) is 56.3 Å². The van der Waals surface area contributed by atoms with E-state index in [0.29, 0.717) is 17.6 Å². The second-order valence-electron chi connectivity index (χ2n) is 7.98. The number of rotatable bonds is 7. The third-order valence-electron chi connectivity index (χ3n) is 5.00. The van der Waals surface area contributed by atoms with E-state index < -0.39 is 30.4 Å². The predicted molar refractivity (Wildman–Crippen MR) is 107 cm³/mol. The molecular weight excluding hydrogens is 392 g/mol. The van der Waals surface area contributed by atoms with Gasteiger partial charge in [-0.05, 0) is 5.92 Å². The summed E-state index contributed by atoms with van der Waals surface area (Å²) < 4.78 is 18.7. The fourth-order valence-electron chi connectivity index (χ4n) is 3.06. The first kappa shape index (κ1) is 21.9. The van der Waals surface area contributed by atoms with Gasteiger partial charge in [-0.1, -0.05) is 27.7 Å². The minimum Gasteiger partial charge on any atom is -0.463 e. The van der Waals surface area contributed by atoms with E-state index in [-0.39, 0.29) is 30.2 Å². The highest BCUT2D eigenvalue weighted by Gasteiger charge is 2.41. The maximum Gasteiger partial charge on any atom is 0.323 e. The summed E-state index contributed by atoms with van der Waals surface area (Å²) in [7, 11) is 0. The van der Waals surface area contributed by atoms with E-state index in [2.05, 4.69) is 15.0 Å². The molecule has 0 amide bonds. The van der Waals surface area contributed by atoms with Crippen molar-refractivity contribution < 1.29 is 23.8 Å². The van der Waals surface area contributed by atoms with Gasteiger partial charge < -0.3 is 25.7 Å². The molecule has 30 heavy (non-hydrogen) atoms. The number of nitrogens with zero attached hydrogens (tertiary/aromatic N) is 4. The minimum absolute atomic E-state index is 0.0495. The monoisotopic (exact) mass is 420 g/mol. The van der Waals surface area contributed by atoms with Crippen molar-refractivity contribution in [3.63, 3.8) is 0 Å². The van der Waals surface area contributed by atoms with Crippen LogP contribution in [0, 0.1) is 11.8 Å². The number of nitrogen functional groups attached to an aromatic ring is 1. The standard InChI is InChI=1S/C19H28N6O5/c1-9(2)14(20)19(27)30-11-5-13(29-12(11)6-28-18(26)10(3)4)25-8-24-15-16(21)22-7-23-17(15)25/h7-14H,5-6,20H2,1-4H3,(H2,21,22,23)/t11-,12-,13-,14+/m1/s1. The maximum atomic E-state index is 12.4. The summed E-state index contributed by atoms with van der Waals surface area (Å²) in [6.45, 7) is 7.10. The van der Waals surface area contributed by atoms with Crippen LogP contribution in [0.15, 0.2) is 12.7 Å². The highest BCUT2D eigenvalue weighted by Crippen LogP contribution is 2.33. The molecule has 0 unspecified atom stereocenters. The van der Waals surface area contributed by atoms with Gasteiger partial charge in [-0.15, -0.1) is 0 Å². The number of nitrogens with two attached hydrogens (primary N) is 2. The second-order valence-corrected chi connectivity index (χ2v) is 7.98. The number of aromatic nitrogens is 4. The molecule has 1 aliphatic rings. The van der Waals surface area contributed by atoms with Crippen LogP contribution in [-0.2, 0) is 23.8 Å². The number of carbonyl (C=O) groups is 2. The van der Waals surface area contributed by atoms with Gasteiger partial charge in [0.15, 0.2) is 11.5 Å². The lowest BCUT2D eigenvalue weighted by Gasteiger charge is -2.22. The Labute approximate surface area is 174 Å². The van der Waals surface area contributed by atoms with Crippen molar-refractivity contribution in [2.45, 2.75) is 58.6 Å². The number of fused-ring (bicyclic) bond motifs is 1. The van der Waals surface area contributed by atoms with Crippen molar-refractivity contribution in [2.75, 3.05) is 12.3 Å². The van der Waals surface area contributed by atoms with Crippen molar-refractivity contribution >= 4 is 28.9 Å². The van der Waals surface area contributed by atoms with Crippen LogP contribution < -0.4 is 11.5 Å². The van der Waals surface area contributed by atoms with Crippen molar-refractivity contribution in [2.24, 2.45) is 17.6 Å². The van der Waals surface area contributed by atoms with Gasteiger partial charge in [0.25, 0.3) is 0 Å². The molecule has 0 aliphatic carbocycles. The molecule has 11 heteroatoms. The molecule has 0 aromatic carbocycles. The van der Waals surface area contributed by atoms with Gasteiger partial charge in [0.2, 0.25) is 0 Å². The first-order valence-electron chi connectivity index (χ1n) is 9.90. The Balaban J connectivity index is 1.80. The van der Waals surface area contributed by atoms with Gasteiger partial charge >= 0.3 is 11.9 Å². The smallest absolute Gasteiger partial charge is 0.323 e. The number of carbonyl (C=O) groups excluding carboxylic acids is 2. The summed E-state index contributed by atoms with van der Waals surface area (Å²) in [6.07, 6.45) is 1.35. The summed E-state index contributed by atoms with van der Waals surface area (Å²) in [5, 5.41) is 0. The molecule has 11 nitrogen and oxygen atoms in total. The van der Waals surface area contributed by atoms with E-state index in [1.165, 1.54) is 6.33 Å². The molecule has 0 spiro atoms. The van der Waals surface area contributed by atoms with E-state index in [0.717, 1.165) is 0 Å². The van der Waals surface area contributed by atoms with E-state index in [9.17, 15) is 9.59 Å². The molecule has 4 atom stereocenters. The first-order chi connectivity index (χ1) is 14.2. The highest BCUT2D eigenvalue weighted by atomic mass is 16.6. The predicted octanol–water partition coefficient (Wildman–Crippen LogP) is 0.790. The molecule has 3 heterocycles. The summed E-state index contributed by atoms with van der Waals surface area (Å²) in [5.74, 6) is -0.994. The molecule has 0 bridgehead atoms. The maximum absolute atomic E-state index is 12.4. The molecule has 0 radical (unpaired) electrons. The van der Waals surface area contributed by atoms with Crippen LogP contribution in [0.3, 0.4) is 0 Å². The van der Waals surface area contributed by atoms with Gasteiger partial charge in [0.1, 0.15) is 42.9 Å². The number of hydrogen-bond donors (Lipinski definition) is 2. The van der Waals surface area contributed by atoms with Crippen LogP contribution in [0.25, 0.3) is 11.2 Å². The van der Waals surface area contributed by atoms with Gasteiger partial charge in [0, 0.05) is 6.42 Å². The summed E-state index contributed by atoms with van der Waals surface area (Å²) in [5.41, 5.74) is 12.7. The highest BCUT2D eigenvalue weighted by molar-refractivity contribution is 5.81. The lowest BCUT2D eigenvalue weighted by atomic mass is 10.1. The fourth-order valence-corrected chi connectivity index (χ4v) is 3.06. The topological polar surface area (TPSA) is 157 Å².